The van der Waals surface area contributed by atoms with E-state index >= 15 is 0 Å². The molecule has 3 rings (SSSR count). The van der Waals surface area contributed by atoms with Gasteiger partial charge in [-0.2, -0.15) is 0 Å². The van der Waals surface area contributed by atoms with Gasteiger partial charge in [-0.05, 0) is 31.9 Å². The molecule has 2 N–H and O–H groups in total. The first-order chi connectivity index (χ1) is 8.27. The lowest BCUT2D eigenvalue weighted by Gasteiger charge is -2.13. The molecular formula is C13H18N4. The number of hydrogen-bond donors (Lipinski definition) is 1. The molecule has 0 aromatic carbocycles. The van der Waals surface area contributed by atoms with Crippen molar-refractivity contribution in [3.8, 4) is 0 Å². The fraction of sp³-hybridized carbons (Fsp3) is 0.538. The maximum atomic E-state index is 6.03. The lowest BCUT2D eigenvalue weighted by Crippen LogP contribution is -2.13. The second kappa shape index (κ2) is 4.11. The van der Waals surface area contributed by atoms with Crippen molar-refractivity contribution in [1.29, 1.82) is 0 Å². The van der Waals surface area contributed by atoms with Gasteiger partial charge in [-0.15, -0.1) is 10.2 Å². The van der Waals surface area contributed by atoms with Crippen LogP contribution in [0.4, 0.5) is 0 Å². The standard InChI is InChI=1S/C13H18N4/c1-9(14)11-7-4-8-12-15-16-13(17(11)12)10-5-2-3-6-10/h4,7-10H,2-3,5-6,14H2,1H3. The van der Waals surface area contributed by atoms with Crippen molar-refractivity contribution in [1.82, 2.24) is 14.6 Å². The van der Waals surface area contributed by atoms with Gasteiger partial charge < -0.3 is 5.73 Å². The molecule has 0 bridgehead atoms. The van der Waals surface area contributed by atoms with E-state index in [1.54, 1.807) is 0 Å². The molecule has 1 unspecified atom stereocenters. The smallest absolute Gasteiger partial charge is 0.161 e. The van der Waals surface area contributed by atoms with E-state index in [1.807, 2.05) is 19.1 Å². The van der Waals surface area contributed by atoms with Gasteiger partial charge in [0.15, 0.2) is 5.65 Å². The summed E-state index contributed by atoms with van der Waals surface area (Å²) in [6, 6.07) is 6.08. The third-order valence-electron chi connectivity index (χ3n) is 3.67. The summed E-state index contributed by atoms with van der Waals surface area (Å²) in [5, 5.41) is 8.64. The molecule has 1 saturated carbocycles. The van der Waals surface area contributed by atoms with Gasteiger partial charge in [-0.25, -0.2) is 0 Å². The molecule has 4 nitrogen and oxygen atoms in total. The van der Waals surface area contributed by atoms with Crippen molar-refractivity contribution in [3.63, 3.8) is 0 Å². The zero-order valence-corrected chi connectivity index (χ0v) is 10.1. The summed E-state index contributed by atoms with van der Waals surface area (Å²) in [6.07, 6.45) is 5.07. The predicted molar refractivity (Wildman–Crippen MR) is 66.8 cm³/mol. The number of fused-ring (bicyclic) bond motifs is 1. The molecule has 0 radical (unpaired) electrons. The Hall–Kier alpha value is -1.42. The molecular weight excluding hydrogens is 212 g/mol. The summed E-state index contributed by atoms with van der Waals surface area (Å²) in [5.41, 5.74) is 8.05. The molecule has 1 fully saturated rings. The summed E-state index contributed by atoms with van der Waals surface area (Å²) >= 11 is 0. The van der Waals surface area contributed by atoms with Crippen LogP contribution < -0.4 is 5.73 Å². The van der Waals surface area contributed by atoms with Crippen LogP contribution in [-0.4, -0.2) is 14.6 Å². The molecule has 1 aliphatic carbocycles. The van der Waals surface area contributed by atoms with Crippen LogP contribution in [0.15, 0.2) is 18.2 Å². The van der Waals surface area contributed by atoms with Gasteiger partial charge in [0.2, 0.25) is 0 Å². The van der Waals surface area contributed by atoms with E-state index in [2.05, 4.69) is 20.7 Å². The molecule has 0 amide bonds. The maximum Gasteiger partial charge on any atom is 0.161 e. The van der Waals surface area contributed by atoms with Crippen molar-refractivity contribution >= 4 is 5.65 Å². The van der Waals surface area contributed by atoms with Crippen LogP contribution in [0.25, 0.3) is 5.65 Å². The highest BCUT2D eigenvalue weighted by atomic mass is 15.3. The van der Waals surface area contributed by atoms with E-state index < -0.39 is 0 Å². The fourth-order valence-corrected chi connectivity index (χ4v) is 2.79. The van der Waals surface area contributed by atoms with Crippen molar-refractivity contribution in [2.45, 2.75) is 44.6 Å². The number of rotatable bonds is 2. The number of nitrogens with two attached hydrogens (primary N) is 1. The number of nitrogens with zero attached hydrogens (tertiary/aromatic N) is 3. The fourth-order valence-electron chi connectivity index (χ4n) is 2.79. The normalized spacial score (nSPS) is 18.9. The Bertz CT molecular complexity index is 523. The van der Waals surface area contributed by atoms with Crippen LogP contribution in [0.3, 0.4) is 0 Å². The molecule has 2 aromatic heterocycles. The van der Waals surface area contributed by atoms with Crippen molar-refractivity contribution in [2.24, 2.45) is 5.73 Å². The average Bonchev–Trinajstić information content (AvgIpc) is 2.96. The number of pyridine rings is 1. The van der Waals surface area contributed by atoms with E-state index in [4.69, 9.17) is 5.73 Å². The van der Waals surface area contributed by atoms with Crippen LogP contribution in [0.1, 0.15) is 56.1 Å². The first-order valence-electron chi connectivity index (χ1n) is 6.37. The highest BCUT2D eigenvalue weighted by molar-refractivity contribution is 5.41. The Morgan fingerprint density at radius 2 is 2.06 bits per heavy atom. The minimum atomic E-state index is 0.00912. The van der Waals surface area contributed by atoms with E-state index in [0.717, 1.165) is 17.2 Å². The number of aromatic nitrogens is 3. The van der Waals surface area contributed by atoms with Crippen LogP contribution in [0.2, 0.25) is 0 Å². The molecule has 0 saturated heterocycles. The van der Waals surface area contributed by atoms with E-state index in [0.29, 0.717) is 5.92 Å². The van der Waals surface area contributed by atoms with Gasteiger partial charge in [0.05, 0.1) is 0 Å². The largest absolute Gasteiger partial charge is 0.323 e. The predicted octanol–water partition coefficient (Wildman–Crippen LogP) is 2.41. The summed E-state index contributed by atoms with van der Waals surface area (Å²) in [5.74, 6) is 1.66. The third kappa shape index (κ3) is 1.72. The van der Waals surface area contributed by atoms with E-state index in [-0.39, 0.29) is 6.04 Å². The van der Waals surface area contributed by atoms with Gasteiger partial charge in [-0.3, -0.25) is 4.40 Å². The van der Waals surface area contributed by atoms with Gasteiger partial charge in [0.25, 0.3) is 0 Å². The molecule has 2 aromatic rings. The minimum Gasteiger partial charge on any atom is -0.323 e. The molecule has 90 valence electrons. The molecule has 1 atom stereocenters. The van der Waals surface area contributed by atoms with Crippen molar-refractivity contribution in [2.75, 3.05) is 0 Å². The molecule has 1 aliphatic rings. The Morgan fingerprint density at radius 3 is 2.76 bits per heavy atom. The third-order valence-corrected chi connectivity index (χ3v) is 3.67. The summed E-state index contributed by atoms with van der Waals surface area (Å²) in [6.45, 7) is 2.01. The first-order valence-corrected chi connectivity index (χ1v) is 6.37. The van der Waals surface area contributed by atoms with Gasteiger partial charge in [0, 0.05) is 17.7 Å². The summed E-state index contributed by atoms with van der Waals surface area (Å²) in [4.78, 5) is 0. The Kier molecular flexibility index (Phi) is 2.59. The first kappa shape index (κ1) is 10.7. The van der Waals surface area contributed by atoms with Crippen LogP contribution in [-0.2, 0) is 0 Å². The molecule has 4 heteroatoms. The van der Waals surface area contributed by atoms with Crippen LogP contribution >= 0.6 is 0 Å². The summed E-state index contributed by atoms with van der Waals surface area (Å²) < 4.78 is 2.15. The zero-order chi connectivity index (χ0) is 11.8. The number of hydrogen-bond acceptors (Lipinski definition) is 3. The van der Waals surface area contributed by atoms with Gasteiger partial charge in [0.1, 0.15) is 5.82 Å². The molecule has 17 heavy (non-hydrogen) atoms. The lowest BCUT2D eigenvalue weighted by molar-refractivity contribution is 0.640. The van der Waals surface area contributed by atoms with E-state index in [9.17, 15) is 0 Å². The average molecular weight is 230 g/mol. The van der Waals surface area contributed by atoms with Crippen molar-refractivity contribution < 1.29 is 0 Å². The van der Waals surface area contributed by atoms with E-state index in [1.165, 1.54) is 25.7 Å². The Morgan fingerprint density at radius 1 is 1.29 bits per heavy atom. The quantitative estimate of drug-likeness (QED) is 0.862. The van der Waals surface area contributed by atoms with Crippen LogP contribution in [0, 0.1) is 0 Å². The SMILES string of the molecule is CC(N)c1cccc2nnc(C3CCCC3)n12. The highest BCUT2D eigenvalue weighted by Gasteiger charge is 2.23. The van der Waals surface area contributed by atoms with Gasteiger partial charge >= 0.3 is 0 Å². The van der Waals surface area contributed by atoms with Crippen LogP contribution in [0.5, 0.6) is 0 Å². The van der Waals surface area contributed by atoms with Crippen molar-refractivity contribution in [3.05, 3.63) is 29.7 Å². The minimum absolute atomic E-state index is 0.00912. The zero-order valence-electron chi connectivity index (χ0n) is 10.1. The maximum absolute atomic E-state index is 6.03. The van der Waals surface area contributed by atoms with Gasteiger partial charge in [-0.1, -0.05) is 18.9 Å². The second-order valence-electron chi connectivity index (χ2n) is 4.97. The Balaban J connectivity index is 2.18. The Labute approximate surface area is 101 Å². The molecule has 0 spiro atoms. The second-order valence-corrected chi connectivity index (χ2v) is 4.97. The summed E-state index contributed by atoms with van der Waals surface area (Å²) in [7, 11) is 0. The highest BCUT2D eigenvalue weighted by Crippen LogP contribution is 2.33. The molecule has 2 heterocycles. The lowest BCUT2D eigenvalue weighted by atomic mass is 10.1. The topological polar surface area (TPSA) is 56.2 Å². The molecule has 0 aliphatic heterocycles. The monoisotopic (exact) mass is 230 g/mol.